The van der Waals surface area contributed by atoms with E-state index in [0.29, 0.717) is 6.04 Å². The Hall–Kier alpha value is -0.180. The van der Waals surface area contributed by atoms with Gasteiger partial charge in [0.25, 0.3) is 0 Å². The van der Waals surface area contributed by atoms with Crippen LogP contribution >= 0.6 is 11.8 Å². The predicted octanol–water partition coefficient (Wildman–Crippen LogP) is 3.28. The van der Waals surface area contributed by atoms with E-state index < -0.39 is 0 Å². The van der Waals surface area contributed by atoms with E-state index in [1.54, 1.807) is 0 Å². The Labute approximate surface area is 104 Å². The molecular formula is C13H24N2S. The molecule has 2 rings (SSSR count). The van der Waals surface area contributed by atoms with Crippen LogP contribution in [0, 0.1) is 11.8 Å². The van der Waals surface area contributed by atoms with E-state index in [9.17, 15) is 0 Å². The van der Waals surface area contributed by atoms with Gasteiger partial charge in [0.2, 0.25) is 0 Å². The average molecular weight is 240 g/mol. The van der Waals surface area contributed by atoms with Gasteiger partial charge in [0.1, 0.15) is 0 Å². The quantitative estimate of drug-likeness (QED) is 0.815. The van der Waals surface area contributed by atoms with Gasteiger partial charge in [0.15, 0.2) is 5.17 Å². The second kappa shape index (κ2) is 5.95. The summed E-state index contributed by atoms with van der Waals surface area (Å²) in [7, 11) is 0. The number of amidine groups is 1. The molecule has 0 aromatic carbocycles. The molecule has 0 aromatic heterocycles. The Balaban J connectivity index is 1.68. The number of nitrogens with one attached hydrogen (secondary N) is 1. The first kappa shape index (κ1) is 12.3. The lowest BCUT2D eigenvalue weighted by molar-refractivity contribution is 0.498. The lowest BCUT2D eigenvalue weighted by Gasteiger charge is -2.13. The van der Waals surface area contributed by atoms with Gasteiger partial charge in [-0.25, -0.2) is 0 Å². The molecule has 0 aromatic rings. The third-order valence-corrected chi connectivity index (χ3v) is 4.83. The van der Waals surface area contributed by atoms with Crippen molar-refractivity contribution in [1.82, 2.24) is 5.32 Å². The minimum absolute atomic E-state index is 0.634. The van der Waals surface area contributed by atoms with Gasteiger partial charge in [-0.05, 0) is 18.3 Å². The maximum absolute atomic E-state index is 4.69. The van der Waals surface area contributed by atoms with Gasteiger partial charge in [-0.1, -0.05) is 51.3 Å². The Bertz CT molecular complexity index is 244. The summed E-state index contributed by atoms with van der Waals surface area (Å²) in [5.41, 5.74) is 0. The highest BCUT2D eigenvalue weighted by Gasteiger charge is 2.22. The van der Waals surface area contributed by atoms with Crippen LogP contribution < -0.4 is 5.32 Å². The van der Waals surface area contributed by atoms with Crippen LogP contribution in [0.1, 0.15) is 46.0 Å². The number of nitrogens with zero attached hydrogens (tertiary/aromatic N) is 1. The van der Waals surface area contributed by atoms with E-state index >= 15 is 0 Å². The van der Waals surface area contributed by atoms with E-state index in [1.807, 2.05) is 11.8 Å². The van der Waals surface area contributed by atoms with Gasteiger partial charge in [0, 0.05) is 18.3 Å². The van der Waals surface area contributed by atoms with Gasteiger partial charge in [0.05, 0.1) is 0 Å². The number of aliphatic imine (C=N–C) groups is 1. The summed E-state index contributed by atoms with van der Waals surface area (Å²) in [6.45, 7) is 5.59. The standard InChI is InChI=1S/C13H24N2S/c1-10(2)12-9-16-13(15-12)14-8-7-11-5-3-4-6-11/h10-12H,3-9H2,1-2H3,(H,14,15). The lowest BCUT2D eigenvalue weighted by atomic mass is 10.0. The topological polar surface area (TPSA) is 24.4 Å². The van der Waals surface area contributed by atoms with Crippen molar-refractivity contribution in [2.45, 2.75) is 52.0 Å². The van der Waals surface area contributed by atoms with Crippen LogP contribution in [-0.2, 0) is 0 Å². The summed E-state index contributed by atoms with van der Waals surface area (Å²) in [4.78, 5) is 4.69. The SMILES string of the molecule is CC(C)C1CSC(=NCCC2CCCC2)N1. The van der Waals surface area contributed by atoms with Crippen molar-refractivity contribution in [2.75, 3.05) is 12.3 Å². The molecule has 0 amide bonds. The zero-order valence-corrected chi connectivity index (χ0v) is 11.4. The second-order valence-corrected chi connectivity index (χ2v) is 6.44. The zero-order valence-electron chi connectivity index (χ0n) is 10.5. The molecule has 1 saturated heterocycles. The first-order valence-electron chi connectivity index (χ1n) is 6.69. The first-order chi connectivity index (χ1) is 7.75. The minimum atomic E-state index is 0.634. The Kier molecular flexibility index (Phi) is 4.56. The maximum atomic E-state index is 4.69. The monoisotopic (exact) mass is 240 g/mol. The largest absolute Gasteiger partial charge is 0.361 e. The summed E-state index contributed by atoms with van der Waals surface area (Å²) in [5.74, 6) is 2.88. The van der Waals surface area contributed by atoms with Crippen molar-refractivity contribution in [3.05, 3.63) is 0 Å². The fourth-order valence-corrected chi connectivity index (χ4v) is 3.73. The summed E-state index contributed by atoms with van der Waals surface area (Å²) >= 11 is 1.90. The third kappa shape index (κ3) is 3.41. The van der Waals surface area contributed by atoms with Crippen LogP contribution in [0.25, 0.3) is 0 Å². The molecule has 16 heavy (non-hydrogen) atoms. The molecule has 3 heteroatoms. The normalized spacial score (nSPS) is 29.2. The van der Waals surface area contributed by atoms with Crippen LogP contribution in [0.2, 0.25) is 0 Å². The Morgan fingerprint density at radius 3 is 2.75 bits per heavy atom. The molecule has 0 spiro atoms. The van der Waals surface area contributed by atoms with Crippen LogP contribution in [-0.4, -0.2) is 23.5 Å². The second-order valence-electron chi connectivity index (χ2n) is 5.43. The van der Waals surface area contributed by atoms with Gasteiger partial charge < -0.3 is 5.32 Å². The summed E-state index contributed by atoms with van der Waals surface area (Å²) < 4.78 is 0. The smallest absolute Gasteiger partial charge is 0.156 e. The van der Waals surface area contributed by atoms with E-state index in [1.165, 1.54) is 43.0 Å². The molecule has 2 fully saturated rings. The third-order valence-electron chi connectivity index (χ3n) is 3.78. The van der Waals surface area contributed by atoms with Crippen LogP contribution in [0.3, 0.4) is 0 Å². The van der Waals surface area contributed by atoms with Gasteiger partial charge in [-0.2, -0.15) is 0 Å². The highest BCUT2D eigenvalue weighted by molar-refractivity contribution is 8.14. The molecular weight excluding hydrogens is 216 g/mol. The van der Waals surface area contributed by atoms with Crippen molar-refractivity contribution in [2.24, 2.45) is 16.8 Å². The Morgan fingerprint density at radius 2 is 2.12 bits per heavy atom. The summed E-state index contributed by atoms with van der Waals surface area (Å²) in [6.07, 6.45) is 7.09. The highest BCUT2D eigenvalue weighted by Crippen LogP contribution is 2.27. The molecule has 1 aliphatic carbocycles. The number of hydrogen-bond donors (Lipinski definition) is 1. The van der Waals surface area contributed by atoms with Crippen molar-refractivity contribution in [1.29, 1.82) is 0 Å². The molecule has 1 N–H and O–H groups in total. The predicted molar refractivity (Wildman–Crippen MR) is 73.1 cm³/mol. The first-order valence-corrected chi connectivity index (χ1v) is 7.68. The van der Waals surface area contributed by atoms with Gasteiger partial charge >= 0.3 is 0 Å². The molecule has 2 aliphatic rings. The maximum Gasteiger partial charge on any atom is 0.156 e. The van der Waals surface area contributed by atoms with Gasteiger partial charge in [-0.3, -0.25) is 4.99 Å². The summed E-state index contributed by atoms with van der Waals surface area (Å²) in [5, 5.41) is 4.72. The fourth-order valence-electron chi connectivity index (χ4n) is 2.51. The van der Waals surface area contributed by atoms with E-state index in [-0.39, 0.29) is 0 Å². The van der Waals surface area contributed by atoms with E-state index in [0.717, 1.165) is 18.4 Å². The molecule has 92 valence electrons. The molecule has 1 saturated carbocycles. The molecule has 0 radical (unpaired) electrons. The molecule has 1 atom stereocenters. The molecule has 1 unspecified atom stereocenters. The van der Waals surface area contributed by atoms with Gasteiger partial charge in [-0.15, -0.1) is 0 Å². The Morgan fingerprint density at radius 1 is 1.38 bits per heavy atom. The highest BCUT2D eigenvalue weighted by atomic mass is 32.2. The van der Waals surface area contributed by atoms with Crippen LogP contribution in [0.15, 0.2) is 4.99 Å². The molecule has 0 bridgehead atoms. The molecule has 1 heterocycles. The molecule has 1 aliphatic heterocycles. The van der Waals surface area contributed by atoms with Crippen molar-refractivity contribution in [3.8, 4) is 0 Å². The average Bonchev–Trinajstić information content (AvgIpc) is 2.87. The summed E-state index contributed by atoms with van der Waals surface area (Å²) in [6, 6.07) is 0.634. The number of rotatable bonds is 4. The van der Waals surface area contributed by atoms with Crippen molar-refractivity contribution in [3.63, 3.8) is 0 Å². The van der Waals surface area contributed by atoms with Crippen LogP contribution in [0.4, 0.5) is 0 Å². The minimum Gasteiger partial charge on any atom is -0.361 e. The number of thioether (sulfide) groups is 1. The molecule has 2 nitrogen and oxygen atoms in total. The van der Waals surface area contributed by atoms with Crippen molar-refractivity contribution < 1.29 is 0 Å². The van der Waals surface area contributed by atoms with Crippen molar-refractivity contribution >= 4 is 16.9 Å². The zero-order chi connectivity index (χ0) is 11.4. The van der Waals surface area contributed by atoms with Crippen LogP contribution in [0.5, 0.6) is 0 Å². The number of hydrogen-bond acceptors (Lipinski definition) is 2. The lowest BCUT2D eigenvalue weighted by Crippen LogP contribution is -2.31. The van der Waals surface area contributed by atoms with E-state index in [2.05, 4.69) is 24.2 Å². The fraction of sp³-hybridized carbons (Fsp3) is 0.923. The van der Waals surface area contributed by atoms with E-state index in [4.69, 9.17) is 0 Å².